The van der Waals surface area contributed by atoms with Crippen molar-refractivity contribution in [2.45, 2.75) is 27.7 Å². The standard InChI is InChI=1S/C17H27N3O2.C2H2O4/c1-5-20(6-2)12-11-18-17(22)14-7-9-15(10-8-14)19-16(21)13(3)4;3-1(4)2(5)6/h7-10,13H,5-6,11-12H2,1-4H3,(H,18,22)(H,19,21);(H,3,4)(H,5,6)/p-2. The lowest BCUT2D eigenvalue weighted by molar-refractivity contribution is -0.345. The summed E-state index contributed by atoms with van der Waals surface area (Å²) in [5.74, 6) is -4.56. The highest BCUT2D eigenvalue weighted by Crippen LogP contribution is 2.11. The van der Waals surface area contributed by atoms with Gasteiger partial charge < -0.3 is 35.3 Å². The van der Waals surface area contributed by atoms with Gasteiger partial charge in [0.05, 0.1) is 11.9 Å². The molecule has 1 aromatic carbocycles. The first kappa shape index (κ1) is 25.1. The molecule has 9 nitrogen and oxygen atoms in total. The van der Waals surface area contributed by atoms with E-state index in [9.17, 15) is 9.59 Å². The molecule has 2 N–H and O–H groups in total. The van der Waals surface area contributed by atoms with Gasteiger partial charge in [0.1, 0.15) is 0 Å². The number of benzene rings is 1. The molecule has 1 aromatic rings. The van der Waals surface area contributed by atoms with Gasteiger partial charge in [0.25, 0.3) is 5.91 Å². The summed E-state index contributed by atoms with van der Waals surface area (Å²) in [7, 11) is 0. The van der Waals surface area contributed by atoms with Crippen LogP contribution in [0.15, 0.2) is 24.3 Å². The molecule has 0 aromatic heterocycles. The van der Waals surface area contributed by atoms with Gasteiger partial charge in [-0.25, -0.2) is 0 Å². The van der Waals surface area contributed by atoms with Crippen LogP contribution < -0.4 is 20.8 Å². The van der Waals surface area contributed by atoms with Gasteiger partial charge in [-0.3, -0.25) is 9.59 Å². The summed E-state index contributed by atoms with van der Waals surface area (Å²) >= 11 is 0. The average Bonchev–Trinajstić information content (AvgIpc) is 2.66. The number of aliphatic carboxylic acids is 2. The number of nitrogens with zero attached hydrogens (tertiary/aromatic N) is 1. The van der Waals surface area contributed by atoms with Crippen LogP contribution >= 0.6 is 0 Å². The molecular formula is C19H27N3O6-2. The first-order chi connectivity index (χ1) is 13.1. The number of likely N-dealkylation sites (N-methyl/N-ethyl adjacent to an activating group) is 1. The highest BCUT2D eigenvalue weighted by atomic mass is 16.4. The van der Waals surface area contributed by atoms with Gasteiger partial charge in [-0.2, -0.15) is 0 Å². The molecule has 0 aliphatic carbocycles. The second kappa shape index (κ2) is 13.3. The maximum Gasteiger partial charge on any atom is 0.251 e. The zero-order valence-corrected chi connectivity index (χ0v) is 16.6. The maximum absolute atomic E-state index is 12.0. The molecule has 0 bridgehead atoms. The third-order valence-corrected chi connectivity index (χ3v) is 3.71. The fourth-order valence-corrected chi connectivity index (χ4v) is 1.96. The Morgan fingerprint density at radius 2 is 1.46 bits per heavy atom. The molecule has 0 spiro atoms. The fraction of sp³-hybridized carbons (Fsp3) is 0.474. The van der Waals surface area contributed by atoms with E-state index in [0.29, 0.717) is 17.8 Å². The number of hydrogen-bond acceptors (Lipinski definition) is 7. The largest absolute Gasteiger partial charge is 0.543 e. The minimum absolute atomic E-state index is 0.0311. The van der Waals surface area contributed by atoms with Gasteiger partial charge >= 0.3 is 0 Å². The van der Waals surface area contributed by atoms with Crippen LogP contribution in [0, 0.1) is 5.92 Å². The molecule has 0 atom stereocenters. The summed E-state index contributed by atoms with van der Waals surface area (Å²) in [6.45, 7) is 11.3. The van der Waals surface area contributed by atoms with Crippen LogP contribution in [0.4, 0.5) is 5.69 Å². The molecule has 9 heteroatoms. The Bertz CT molecular complexity index is 642. The molecule has 1 rings (SSSR count). The van der Waals surface area contributed by atoms with Gasteiger partial charge in [-0.15, -0.1) is 0 Å². The van der Waals surface area contributed by atoms with E-state index >= 15 is 0 Å². The number of carbonyl (C=O) groups excluding carboxylic acids is 4. The Morgan fingerprint density at radius 3 is 1.86 bits per heavy atom. The van der Waals surface area contributed by atoms with E-state index in [-0.39, 0.29) is 17.7 Å². The molecule has 0 unspecified atom stereocenters. The predicted octanol–water partition coefficient (Wildman–Crippen LogP) is -1.16. The zero-order chi connectivity index (χ0) is 21.7. The van der Waals surface area contributed by atoms with Crippen LogP contribution in [0.2, 0.25) is 0 Å². The number of carbonyl (C=O) groups is 4. The second-order valence-corrected chi connectivity index (χ2v) is 6.08. The van der Waals surface area contributed by atoms with Crippen molar-refractivity contribution in [3.63, 3.8) is 0 Å². The molecule has 28 heavy (non-hydrogen) atoms. The van der Waals surface area contributed by atoms with Crippen molar-refractivity contribution in [3.8, 4) is 0 Å². The summed E-state index contributed by atoms with van der Waals surface area (Å²) in [5, 5.41) is 23.6. The molecular weight excluding hydrogens is 366 g/mol. The Morgan fingerprint density at radius 1 is 0.964 bits per heavy atom. The quantitative estimate of drug-likeness (QED) is 0.531. The number of amides is 2. The van der Waals surface area contributed by atoms with E-state index < -0.39 is 11.9 Å². The summed E-state index contributed by atoms with van der Waals surface area (Å²) in [4.78, 5) is 43.7. The van der Waals surface area contributed by atoms with E-state index in [1.165, 1.54) is 0 Å². The van der Waals surface area contributed by atoms with Crippen LogP contribution in [0.5, 0.6) is 0 Å². The highest BCUT2D eigenvalue weighted by molar-refractivity contribution is 6.25. The molecule has 0 aliphatic rings. The lowest BCUT2D eigenvalue weighted by Crippen LogP contribution is -2.42. The van der Waals surface area contributed by atoms with E-state index in [2.05, 4.69) is 29.4 Å². The third kappa shape index (κ3) is 10.3. The number of carboxylic acid groups (broad SMARTS) is 2. The van der Waals surface area contributed by atoms with Gasteiger partial charge in [0, 0.05) is 30.3 Å². The number of rotatable bonds is 8. The Hall–Kier alpha value is -2.94. The van der Waals surface area contributed by atoms with Crippen molar-refractivity contribution in [2.75, 3.05) is 31.5 Å². The molecule has 0 fully saturated rings. The minimum atomic E-state index is -2.19. The van der Waals surface area contributed by atoms with Gasteiger partial charge in [-0.1, -0.05) is 27.7 Å². The third-order valence-electron chi connectivity index (χ3n) is 3.71. The monoisotopic (exact) mass is 393 g/mol. The molecule has 0 saturated heterocycles. The molecule has 0 radical (unpaired) electrons. The van der Waals surface area contributed by atoms with Crippen molar-refractivity contribution in [3.05, 3.63) is 29.8 Å². The Kier molecular flexibility index (Phi) is 11.9. The van der Waals surface area contributed by atoms with Crippen molar-refractivity contribution >= 4 is 29.4 Å². The van der Waals surface area contributed by atoms with E-state index in [1.54, 1.807) is 24.3 Å². The first-order valence-corrected chi connectivity index (χ1v) is 8.96. The number of anilines is 1. The van der Waals surface area contributed by atoms with E-state index in [4.69, 9.17) is 19.8 Å². The van der Waals surface area contributed by atoms with Gasteiger partial charge in [0.15, 0.2) is 0 Å². The lowest BCUT2D eigenvalue weighted by Gasteiger charge is -2.18. The number of carboxylic acids is 2. The van der Waals surface area contributed by atoms with Crippen molar-refractivity contribution < 1.29 is 29.4 Å². The summed E-state index contributed by atoms with van der Waals surface area (Å²) in [6.07, 6.45) is 0. The fourth-order valence-electron chi connectivity index (χ4n) is 1.96. The maximum atomic E-state index is 12.0. The number of hydrogen-bond donors (Lipinski definition) is 2. The highest BCUT2D eigenvalue weighted by Gasteiger charge is 2.09. The Balaban J connectivity index is 0.00000105. The van der Waals surface area contributed by atoms with E-state index in [1.807, 2.05) is 13.8 Å². The smallest absolute Gasteiger partial charge is 0.251 e. The minimum Gasteiger partial charge on any atom is -0.543 e. The zero-order valence-electron chi connectivity index (χ0n) is 16.6. The van der Waals surface area contributed by atoms with Gasteiger partial charge in [0.2, 0.25) is 5.91 Å². The van der Waals surface area contributed by atoms with Crippen molar-refractivity contribution in [1.82, 2.24) is 10.2 Å². The van der Waals surface area contributed by atoms with Crippen LogP contribution in [0.3, 0.4) is 0 Å². The lowest BCUT2D eigenvalue weighted by atomic mass is 10.1. The summed E-state index contributed by atoms with van der Waals surface area (Å²) in [6, 6.07) is 6.95. The van der Waals surface area contributed by atoms with Crippen LogP contribution in [0.25, 0.3) is 0 Å². The van der Waals surface area contributed by atoms with Crippen molar-refractivity contribution in [1.29, 1.82) is 0 Å². The predicted molar refractivity (Wildman–Crippen MR) is 100 cm³/mol. The normalized spacial score (nSPS) is 10.1. The van der Waals surface area contributed by atoms with Crippen LogP contribution in [0.1, 0.15) is 38.1 Å². The van der Waals surface area contributed by atoms with Crippen LogP contribution in [-0.2, 0) is 14.4 Å². The van der Waals surface area contributed by atoms with Crippen LogP contribution in [-0.4, -0.2) is 54.8 Å². The molecule has 156 valence electrons. The first-order valence-electron chi connectivity index (χ1n) is 8.96. The average molecular weight is 393 g/mol. The van der Waals surface area contributed by atoms with E-state index in [0.717, 1.165) is 19.6 Å². The summed E-state index contributed by atoms with van der Waals surface area (Å²) in [5.41, 5.74) is 1.31. The van der Waals surface area contributed by atoms with Gasteiger partial charge in [-0.05, 0) is 37.4 Å². The molecule has 2 amide bonds. The molecule has 0 heterocycles. The second-order valence-electron chi connectivity index (χ2n) is 6.08. The van der Waals surface area contributed by atoms with Crippen molar-refractivity contribution in [2.24, 2.45) is 5.92 Å². The topological polar surface area (TPSA) is 142 Å². The summed E-state index contributed by atoms with van der Waals surface area (Å²) < 4.78 is 0. The molecule has 0 aliphatic heterocycles. The number of nitrogens with one attached hydrogen (secondary N) is 2. The molecule has 0 saturated carbocycles. The SMILES string of the molecule is CCN(CC)CCNC(=O)c1ccc(NC(=O)C(C)C)cc1.O=C([O-])C(=O)[O-]. The Labute approximate surface area is 164 Å².